The fraction of sp³-hybridized carbons (Fsp3) is 0.588. The number of nitrogens with zero attached hydrogens (tertiary/aromatic N) is 6. The van der Waals surface area contributed by atoms with Gasteiger partial charge in [-0.2, -0.15) is 4.98 Å². The minimum atomic E-state index is -0.439. The number of fused-ring (bicyclic) bond motifs is 1. The number of aryl methyl sites for hydroxylation is 2. The van der Waals surface area contributed by atoms with E-state index in [1.165, 1.54) is 4.57 Å². The van der Waals surface area contributed by atoms with Crippen LogP contribution >= 0.6 is 23.1 Å². The van der Waals surface area contributed by atoms with Crippen molar-refractivity contribution in [2.75, 3.05) is 23.7 Å². The second-order valence-electron chi connectivity index (χ2n) is 7.21. The Labute approximate surface area is 169 Å². The van der Waals surface area contributed by atoms with Crippen molar-refractivity contribution in [3.8, 4) is 0 Å². The van der Waals surface area contributed by atoms with Gasteiger partial charge in [0.15, 0.2) is 15.5 Å². The SMILES string of the molecule is Cc1nnc(SC[C@H](C)Cn2c(N3CCCC3)nc3c2c(=O)[nH]c(=O)n3C)s1. The zero-order chi connectivity index (χ0) is 19.8. The molecule has 0 unspecified atom stereocenters. The molecule has 0 aromatic carbocycles. The molecule has 3 aromatic rings. The van der Waals surface area contributed by atoms with Gasteiger partial charge < -0.3 is 9.47 Å². The Bertz CT molecular complexity index is 1110. The van der Waals surface area contributed by atoms with Gasteiger partial charge in [-0.05, 0) is 25.7 Å². The van der Waals surface area contributed by atoms with Crippen LogP contribution in [-0.4, -0.2) is 48.1 Å². The van der Waals surface area contributed by atoms with E-state index in [1.54, 1.807) is 30.1 Å². The summed E-state index contributed by atoms with van der Waals surface area (Å²) in [6.45, 7) is 6.58. The predicted octanol–water partition coefficient (Wildman–Crippen LogP) is 1.61. The van der Waals surface area contributed by atoms with Crippen molar-refractivity contribution in [3.05, 3.63) is 25.8 Å². The summed E-state index contributed by atoms with van der Waals surface area (Å²) >= 11 is 3.27. The van der Waals surface area contributed by atoms with Crippen LogP contribution in [0.5, 0.6) is 0 Å². The molecule has 1 N–H and O–H groups in total. The van der Waals surface area contributed by atoms with Crippen molar-refractivity contribution < 1.29 is 0 Å². The van der Waals surface area contributed by atoms with Crippen molar-refractivity contribution in [1.29, 1.82) is 0 Å². The highest BCUT2D eigenvalue weighted by Gasteiger charge is 2.24. The number of hydrogen-bond acceptors (Lipinski definition) is 8. The average Bonchev–Trinajstić information content (AvgIpc) is 3.38. The van der Waals surface area contributed by atoms with Gasteiger partial charge in [-0.3, -0.25) is 14.3 Å². The molecular formula is C17H23N7O2S2. The number of hydrogen-bond donors (Lipinski definition) is 1. The lowest BCUT2D eigenvalue weighted by Crippen LogP contribution is -2.30. The molecule has 4 rings (SSSR count). The summed E-state index contributed by atoms with van der Waals surface area (Å²) in [5.74, 6) is 1.92. The van der Waals surface area contributed by atoms with Gasteiger partial charge in [-0.15, -0.1) is 10.2 Å². The summed E-state index contributed by atoms with van der Waals surface area (Å²) in [5.41, 5.74) is 0.0869. The van der Waals surface area contributed by atoms with Crippen LogP contribution in [0.1, 0.15) is 24.8 Å². The third-order valence-electron chi connectivity index (χ3n) is 4.87. The highest BCUT2D eigenvalue weighted by molar-refractivity contribution is 8.01. The van der Waals surface area contributed by atoms with Crippen LogP contribution in [0, 0.1) is 12.8 Å². The molecule has 1 saturated heterocycles. The lowest BCUT2D eigenvalue weighted by molar-refractivity contribution is 0.537. The highest BCUT2D eigenvalue weighted by Crippen LogP contribution is 2.27. The maximum absolute atomic E-state index is 12.6. The topological polar surface area (TPSA) is 102 Å². The van der Waals surface area contributed by atoms with Gasteiger partial charge in [0.2, 0.25) is 5.95 Å². The number of rotatable bonds is 6. The molecule has 0 aliphatic carbocycles. The molecule has 28 heavy (non-hydrogen) atoms. The first-order chi connectivity index (χ1) is 13.4. The van der Waals surface area contributed by atoms with Crippen molar-refractivity contribution in [3.63, 3.8) is 0 Å². The summed E-state index contributed by atoms with van der Waals surface area (Å²) in [7, 11) is 1.64. The number of aromatic amines is 1. The number of imidazole rings is 1. The quantitative estimate of drug-likeness (QED) is 0.603. The third kappa shape index (κ3) is 3.60. The van der Waals surface area contributed by atoms with Crippen molar-refractivity contribution >= 4 is 40.2 Å². The summed E-state index contributed by atoms with van der Waals surface area (Å²) in [6, 6.07) is 0. The molecule has 1 atom stereocenters. The lowest BCUT2D eigenvalue weighted by Gasteiger charge is -2.20. The molecule has 11 heteroatoms. The number of H-pyrrole nitrogens is 1. The molecule has 0 radical (unpaired) electrons. The fourth-order valence-electron chi connectivity index (χ4n) is 3.47. The van der Waals surface area contributed by atoms with Crippen LogP contribution in [0.2, 0.25) is 0 Å². The van der Waals surface area contributed by atoms with E-state index in [0.717, 1.165) is 47.0 Å². The molecule has 1 aliphatic heterocycles. The summed E-state index contributed by atoms with van der Waals surface area (Å²) < 4.78 is 4.35. The molecule has 9 nitrogen and oxygen atoms in total. The average molecular weight is 422 g/mol. The van der Waals surface area contributed by atoms with Crippen LogP contribution in [0.15, 0.2) is 13.9 Å². The van der Waals surface area contributed by atoms with E-state index in [1.807, 2.05) is 11.5 Å². The van der Waals surface area contributed by atoms with Gasteiger partial charge in [0.1, 0.15) is 5.01 Å². The fourth-order valence-corrected chi connectivity index (χ4v) is 5.32. The standard InChI is InChI=1S/C17H23N7O2S2/c1-10(9-27-17-21-20-11(2)28-17)8-24-12-13(22(3)16(26)19-14(12)25)18-15(24)23-6-4-5-7-23/h10H,4-9H2,1-3H3,(H,19,25,26)/t10-/m1/s1. The van der Waals surface area contributed by atoms with Crippen LogP contribution in [0.4, 0.5) is 5.95 Å². The van der Waals surface area contributed by atoms with E-state index >= 15 is 0 Å². The van der Waals surface area contributed by atoms with Crippen molar-refractivity contribution in [2.24, 2.45) is 13.0 Å². The molecule has 150 valence electrons. The smallest absolute Gasteiger partial charge is 0.329 e. The maximum Gasteiger partial charge on any atom is 0.329 e. The number of nitrogens with one attached hydrogen (secondary N) is 1. The maximum atomic E-state index is 12.6. The summed E-state index contributed by atoms with van der Waals surface area (Å²) in [6.07, 6.45) is 2.22. The number of aromatic nitrogens is 6. The van der Waals surface area contributed by atoms with E-state index < -0.39 is 5.69 Å². The minimum absolute atomic E-state index is 0.282. The first-order valence-corrected chi connectivity index (χ1v) is 11.1. The van der Waals surface area contributed by atoms with Crippen LogP contribution in [-0.2, 0) is 13.6 Å². The number of anilines is 1. The van der Waals surface area contributed by atoms with E-state index in [0.29, 0.717) is 17.7 Å². The molecule has 0 bridgehead atoms. The van der Waals surface area contributed by atoms with Gasteiger partial charge in [-0.1, -0.05) is 30.0 Å². The monoisotopic (exact) mass is 421 g/mol. The molecule has 4 heterocycles. The van der Waals surface area contributed by atoms with Crippen LogP contribution in [0.25, 0.3) is 11.2 Å². The second-order valence-corrected chi connectivity index (χ2v) is 9.66. The second kappa shape index (κ2) is 7.70. The number of thioether (sulfide) groups is 1. The Morgan fingerprint density at radius 3 is 2.68 bits per heavy atom. The third-order valence-corrected chi connectivity index (χ3v) is 7.17. The normalized spacial score (nSPS) is 15.6. The van der Waals surface area contributed by atoms with Gasteiger partial charge in [0.05, 0.1) is 0 Å². The molecule has 0 amide bonds. The van der Waals surface area contributed by atoms with E-state index in [-0.39, 0.29) is 11.5 Å². The Kier molecular flexibility index (Phi) is 5.28. The minimum Gasteiger partial charge on any atom is -0.342 e. The van der Waals surface area contributed by atoms with Gasteiger partial charge >= 0.3 is 5.69 Å². The van der Waals surface area contributed by atoms with E-state index in [4.69, 9.17) is 4.98 Å². The van der Waals surface area contributed by atoms with Crippen molar-refractivity contribution in [1.82, 2.24) is 29.3 Å². The van der Waals surface area contributed by atoms with Crippen LogP contribution in [0.3, 0.4) is 0 Å². The summed E-state index contributed by atoms with van der Waals surface area (Å²) in [5, 5.41) is 9.17. The first-order valence-electron chi connectivity index (χ1n) is 9.31. The van der Waals surface area contributed by atoms with Crippen molar-refractivity contribution in [2.45, 2.75) is 37.6 Å². The van der Waals surface area contributed by atoms with E-state index in [9.17, 15) is 9.59 Å². The Morgan fingerprint density at radius 2 is 2.00 bits per heavy atom. The van der Waals surface area contributed by atoms with Gasteiger partial charge in [0, 0.05) is 32.4 Å². The molecule has 0 saturated carbocycles. The molecule has 1 aliphatic rings. The first kappa shape index (κ1) is 19.2. The van der Waals surface area contributed by atoms with Gasteiger partial charge in [0.25, 0.3) is 5.56 Å². The zero-order valence-corrected chi connectivity index (χ0v) is 17.8. The summed E-state index contributed by atoms with van der Waals surface area (Å²) in [4.78, 5) is 33.9. The predicted molar refractivity (Wildman–Crippen MR) is 112 cm³/mol. The molecule has 3 aromatic heterocycles. The lowest BCUT2D eigenvalue weighted by atomic mass is 10.2. The Morgan fingerprint density at radius 1 is 1.25 bits per heavy atom. The molecular weight excluding hydrogens is 398 g/mol. The Balaban J connectivity index is 1.67. The molecule has 0 spiro atoms. The van der Waals surface area contributed by atoms with Gasteiger partial charge in [-0.25, -0.2) is 4.79 Å². The van der Waals surface area contributed by atoms with Crippen LogP contribution < -0.4 is 16.1 Å². The largest absolute Gasteiger partial charge is 0.342 e. The highest BCUT2D eigenvalue weighted by atomic mass is 32.2. The molecule has 1 fully saturated rings. The zero-order valence-electron chi connectivity index (χ0n) is 16.1. The Hall–Kier alpha value is -2.14. The van der Waals surface area contributed by atoms with E-state index in [2.05, 4.69) is 27.0 Å².